The molecule has 7 nitrogen and oxygen atoms in total. The van der Waals surface area contributed by atoms with Gasteiger partial charge in [0.2, 0.25) is 5.91 Å². The van der Waals surface area contributed by atoms with E-state index in [0.29, 0.717) is 32.8 Å². The maximum atomic E-state index is 12.9. The van der Waals surface area contributed by atoms with E-state index in [1.165, 1.54) is 6.07 Å². The van der Waals surface area contributed by atoms with E-state index < -0.39 is 16.8 Å². The minimum absolute atomic E-state index is 0.0582. The predicted octanol–water partition coefficient (Wildman–Crippen LogP) is 2.37. The second-order valence-electron chi connectivity index (χ2n) is 6.96. The largest absolute Gasteiger partial charge is 0.448 e. The molecular formula is C18H22ClF3N4O3. The van der Waals surface area contributed by atoms with Gasteiger partial charge >= 0.3 is 12.3 Å². The Morgan fingerprint density at radius 2 is 1.79 bits per heavy atom. The van der Waals surface area contributed by atoms with Crippen LogP contribution in [0, 0.1) is 0 Å². The first-order valence-electron chi connectivity index (χ1n) is 9.25. The zero-order valence-corrected chi connectivity index (χ0v) is 16.4. The Kier molecular flexibility index (Phi) is 6.86. The summed E-state index contributed by atoms with van der Waals surface area (Å²) in [6.07, 6.45) is -4.86. The van der Waals surface area contributed by atoms with Gasteiger partial charge in [-0.15, -0.1) is 0 Å². The van der Waals surface area contributed by atoms with Crippen LogP contribution in [0.3, 0.4) is 0 Å². The molecule has 3 rings (SSSR count). The van der Waals surface area contributed by atoms with Crippen molar-refractivity contribution >= 4 is 29.3 Å². The first kappa shape index (κ1) is 21.7. The first-order valence-corrected chi connectivity index (χ1v) is 9.63. The summed E-state index contributed by atoms with van der Waals surface area (Å²) in [4.78, 5) is 29.4. The normalized spacial score (nSPS) is 18.8. The number of alkyl halides is 3. The number of carbonyl (C=O) groups is 2. The number of halogens is 4. The topological polar surface area (TPSA) is 65.1 Å². The number of hydrogen-bond acceptors (Lipinski definition) is 5. The number of amides is 2. The van der Waals surface area contributed by atoms with Crippen LogP contribution in [0.4, 0.5) is 23.7 Å². The number of hydrogen-bond donors (Lipinski definition) is 1. The van der Waals surface area contributed by atoms with Gasteiger partial charge in [-0.05, 0) is 18.2 Å². The summed E-state index contributed by atoms with van der Waals surface area (Å²) in [7, 11) is 0. The number of rotatable bonds is 6. The van der Waals surface area contributed by atoms with E-state index in [0.717, 1.165) is 31.8 Å². The number of ether oxygens (including phenoxy) is 1. The van der Waals surface area contributed by atoms with Gasteiger partial charge in [0.05, 0.1) is 23.7 Å². The van der Waals surface area contributed by atoms with Crippen molar-refractivity contribution in [3.05, 3.63) is 28.8 Å². The minimum Gasteiger partial charge on any atom is -0.448 e. The molecule has 0 saturated carbocycles. The maximum absolute atomic E-state index is 12.9. The maximum Gasteiger partial charge on any atom is 0.417 e. The van der Waals surface area contributed by atoms with E-state index >= 15 is 0 Å². The molecule has 2 heterocycles. The van der Waals surface area contributed by atoms with Crippen LogP contribution in [0.25, 0.3) is 0 Å². The van der Waals surface area contributed by atoms with Gasteiger partial charge in [0.15, 0.2) is 0 Å². The average molecular weight is 435 g/mol. The van der Waals surface area contributed by atoms with Crippen molar-refractivity contribution in [3.8, 4) is 0 Å². The number of nitrogens with zero attached hydrogens (tertiary/aromatic N) is 3. The summed E-state index contributed by atoms with van der Waals surface area (Å²) in [5, 5.41) is 2.09. The molecule has 0 aliphatic carbocycles. The van der Waals surface area contributed by atoms with Crippen molar-refractivity contribution in [2.24, 2.45) is 0 Å². The van der Waals surface area contributed by atoms with E-state index in [2.05, 4.69) is 10.2 Å². The van der Waals surface area contributed by atoms with Crippen LogP contribution in [-0.4, -0.2) is 85.7 Å². The molecule has 2 amide bonds. The van der Waals surface area contributed by atoms with Gasteiger partial charge in [-0.1, -0.05) is 11.6 Å². The molecular weight excluding hydrogens is 413 g/mol. The lowest BCUT2D eigenvalue weighted by Crippen LogP contribution is -2.50. The molecule has 0 atom stereocenters. The van der Waals surface area contributed by atoms with Gasteiger partial charge in [-0.25, -0.2) is 4.79 Å². The van der Waals surface area contributed by atoms with E-state index in [-0.39, 0.29) is 24.2 Å². The SMILES string of the molecule is O=C(CN1CCN(CCN2CCOC2=O)CC1)Nc1ccc(Cl)c(C(F)(F)F)c1. The van der Waals surface area contributed by atoms with Crippen molar-refractivity contribution in [2.75, 3.05) is 64.3 Å². The molecule has 2 fully saturated rings. The summed E-state index contributed by atoms with van der Waals surface area (Å²) >= 11 is 5.59. The van der Waals surface area contributed by atoms with Gasteiger partial charge in [-0.3, -0.25) is 14.6 Å². The van der Waals surface area contributed by atoms with Crippen LogP contribution >= 0.6 is 11.6 Å². The quantitative estimate of drug-likeness (QED) is 0.744. The fraction of sp³-hybridized carbons (Fsp3) is 0.556. The molecule has 11 heteroatoms. The number of nitrogens with one attached hydrogen (secondary N) is 1. The highest BCUT2D eigenvalue weighted by Gasteiger charge is 2.33. The number of carbonyl (C=O) groups excluding carboxylic acids is 2. The lowest BCUT2D eigenvalue weighted by Gasteiger charge is -2.34. The molecule has 0 radical (unpaired) electrons. The van der Waals surface area contributed by atoms with Crippen LogP contribution in [-0.2, 0) is 15.7 Å². The zero-order valence-electron chi connectivity index (χ0n) is 15.7. The third-order valence-corrected chi connectivity index (χ3v) is 5.25. The summed E-state index contributed by atoms with van der Waals surface area (Å²) < 4.78 is 43.7. The van der Waals surface area contributed by atoms with Gasteiger partial charge in [0.1, 0.15) is 6.61 Å². The van der Waals surface area contributed by atoms with Gasteiger partial charge in [0.25, 0.3) is 0 Å². The van der Waals surface area contributed by atoms with Gasteiger partial charge in [0, 0.05) is 45.0 Å². The number of cyclic esters (lactones) is 1. The number of benzene rings is 1. The van der Waals surface area contributed by atoms with Crippen molar-refractivity contribution in [2.45, 2.75) is 6.18 Å². The molecule has 0 unspecified atom stereocenters. The third kappa shape index (κ3) is 5.97. The summed E-state index contributed by atoms with van der Waals surface area (Å²) in [5.41, 5.74) is -0.921. The summed E-state index contributed by atoms with van der Waals surface area (Å²) in [5.74, 6) is -0.381. The Labute approximate surface area is 171 Å². The molecule has 1 N–H and O–H groups in total. The van der Waals surface area contributed by atoms with Gasteiger partial charge < -0.3 is 15.0 Å². The van der Waals surface area contributed by atoms with E-state index in [4.69, 9.17) is 16.3 Å². The number of anilines is 1. The molecule has 1 aromatic rings. The van der Waals surface area contributed by atoms with Crippen LogP contribution in [0.5, 0.6) is 0 Å². The van der Waals surface area contributed by atoms with Crippen LogP contribution < -0.4 is 5.32 Å². The highest BCUT2D eigenvalue weighted by molar-refractivity contribution is 6.31. The molecule has 29 heavy (non-hydrogen) atoms. The highest BCUT2D eigenvalue weighted by atomic mass is 35.5. The second kappa shape index (κ2) is 9.19. The Morgan fingerprint density at radius 1 is 1.10 bits per heavy atom. The number of piperazine rings is 1. The highest BCUT2D eigenvalue weighted by Crippen LogP contribution is 2.36. The molecule has 160 valence electrons. The van der Waals surface area contributed by atoms with Crippen molar-refractivity contribution in [3.63, 3.8) is 0 Å². The van der Waals surface area contributed by atoms with Crippen LogP contribution in [0.15, 0.2) is 18.2 Å². The lowest BCUT2D eigenvalue weighted by molar-refractivity contribution is -0.137. The molecule has 0 aromatic heterocycles. The molecule has 0 bridgehead atoms. The van der Waals surface area contributed by atoms with E-state index in [1.54, 1.807) is 4.90 Å². The van der Waals surface area contributed by atoms with Crippen LogP contribution in [0.2, 0.25) is 5.02 Å². The predicted molar refractivity (Wildman–Crippen MR) is 101 cm³/mol. The van der Waals surface area contributed by atoms with Gasteiger partial charge in [-0.2, -0.15) is 13.2 Å². The van der Waals surface area contributed by atoms with Crippen LogP contribution in [0.1, 0.15) is 5.56 Å². The second-order valence-corrected chi connectivity index (χ2v) is 7.37. The average Bonchev–Trinajstić information content (AvgIpc) is 3.07. The lowest BCUT2D eigenvalue weighted by atomic mass is 10.2. The van der Waals surface area contributed by atoms with E-state index in [9.17, 15) is 22.8 Å². The molecule has 2 aliphatic heterocycles. The monoisotopic (exact) mass is 434 g/mol. The molecule has 2 aliphatic rings. The molecule has 1 aromatic carbocycles. The Bertz CT molecular complexity index is 754. The Balaban J connectivity index is 1.42. The van der Waals surface area contributed by atoms with Crippen molar-refractivity contribution < 1.29 is 27.5 Å². The Hall–Kier alpha value is -2.04. The molecule has 0 spiro atoms. The fourth-order valence-corrected chi connectivity index (χ4v) is 3.51. The standard InChI is InChI=1S/C18H22ClF3N4O3/c19-15-2-1-13(11-14(15)18(20,21)22)23-16(27)12-25-5-3-24(4-6-25)7-8-26-9-10-29-17(26)28/h1-2,11H,3-10,12H2,(H,23,27). The summed E-state index contributed by atoms with van der Waals surface area (Å²) in [6.45, 7) is 5.29. The van der Waals surface area contributed by atoms with Crippen molar-refractivity contribution in [1.29, 1.82) is 0 Å². The molecule has 2 saturated heterocycles. The smallest absolute Gasteiger partial charge is 0.417 e. The minimum atomic E-state index is -4.58. The fourth-order valence-electron chi connectivity index (χ4n) is 3.29. The first-order chi connectivity index (χ1) is 13.7. The third-order valence-electron chi connectivity index (χ3n) is 4.92. The zero-order chi connectivity index (χ0) is 21.0. The Morgan fingerprint density at radius 3 is 2.41 bits per heavy atom. The summed E-state index contributed by atoms with van der Waals surface area (Å²) in [6, 6.07) is 3.30. The van der Waals surface area contributed by atoms with Crippen molar-refractivity contribution in [1.82, 2.24) is 14.7 Å². The van der Waals surface area contributed by atoms with E-state index in [1.807, 2.05) is 4.90 Å².